The molecule has 0 saturated carbocycles. The van der Waals surface area contributed by atoms with Crippen LogP contribution >= 0.6 is 34.5 Å². The van der Waals surface area contributed by atoms with E-state index in [0.717, 1.165) is 38.0 Å². The van der Waals surface area contributed by atoms with Crippen molar-refractivity contribution in [3.63, 3.8) is 0 Å². The number of halogens is 2. The summed E-state index contributed by atoms with van der Waals surface area (Å²) >= 11 is 13.9. The van der Waals surface area contributed by atoms with Crippen molar-refractivity contribution in [3.8, 4) is 0 Å². The minimum Gasteiger partial charge on any atom is -0.389 e. The lowest BCUT2D eigenvalue weighted by Gasteiger charge is -2.39. The number of hydrogen-bond acceptors (Lipinski definition) is 4. The highest BCUT2D eigenvalue weighted by molar-refractivity contribution is 7.08. The Morgan fingerprint density at radius 2 is 1.84 bits per heavy atom. The number of rotatable bonds is 7. The van der Waals surface area contributed by atoms with Crippen molar-refractivity contribution >= 4 is 46.5 Å². The third kappa shape index (κ3) is 6.47. The summed E-state index contributed by atoms with van der Waals surface area (Å²) in [4.78, 5) is 17.7. The van der Waals surface area contributed by atoms with Crippen LogP contribution in [0.25, 0.3) is 6.08 Å². The molecule has 0 radical (unpaired) electrons. The summed E-state index contributed by atoms with van der Waals surface area (Å²) in [6.45, 7) is 4.05. The number of carbonyl (C=O) groups is 1. The van der Waals surface area contributed by atoms with Crippen molar-refractivity contribution < 1.29 is 9.90 Å². The van der Waals surface area contributed by atoms with Gasteiger partial charge in [-0.15, -0.1) is 0 Å². The number of thiophene rings is 1. The van der Waals surface area contributed by atoms with Crippen LogP contribution in [0.2, 0.25) is 10.0 Å². The van der Waals surface area contributed by atoms with Gasteiger partial charge in [0.15, 0.2) is 0 Å². The Kier molecular flexibility index (Phi) is 8.37. The lowest BCUT2D eigenvalue weighted by Crippen LogP contribution is -2.46. The van der Waals surface area contributed by atoms with E-state index in [0.29, 0.717) is 47.0 Å². The SMILES string of the molecule is O=C(c1ccc(Cl)c(Cl)c1)N1CC(CN2CCC(O)(CC=Cc3ccccc3)CC2)C(c2ccsc2)C1. The van der Waals surface area contributed by atoms with E-state index in [9.17, 15) is 9.90 Å². The van der Waals surface area contributed by atoms with Gasteiger partial charge >= 0.3 is 0 Å². The first-order chi connectivity index (χ1) is 17.9. The van der Waals surface area contributed by atoms with Gasteiger partial charge in [0.25, 0.3) is 5.91 Å². The number of hydrogen-bond donors (Lipinski definition) is 1. The summed E-state index contributed by atoms with van der Waals surface area (Å²) in [5.74, 6) is 0.637. The summed E-state index contributed by atoms with van der Waals surface area (Å²) in [6.07, 6.45) is 6.37. The molecule has 0 aliphatic carbocycles. The van der Waals surface area contributed by atoms with Gasteiger partial charge < -0.3 is 14.9 Å². The van der Waals surface area contributed by atoms with Gasteiger partial charge in [0.2, 0.25) is 0 Å². The summed E-state index contributed by atoms with van der Waals surface area (Å²) in [7, 11) is 0. The monoisotopic (exact) mass is 554 g/mol. The molecular formula is C30H32Cl2N2O2S. The normalized spacial score (nSPS) is 22.1. The molecule has 2 unspecified atom stereocenters. The van der Waals surface area contributed by atoms with Crippen LogP contribution in [0.1, 0.15) is 46.7 Å². The van der Waals surface area contributed by atoms with E-state index in [1.165, 1.54) is 5.56 Å². The quantitative estimate of drug-likeness (QED) is 0.347. The molecule has 2 atom stereocenters. The maximum Gasteiger partial charge on any atom is 0.253 e. The van der Waals surface area contributed by atoms with E-state index in [1.54, 1.807) is 29.5 Å². The van der Waals surface area contributed by atoms with Crippen LogP contribution in [-0.2, 0) is 0 Å². The second-order valence-corrected chi connectivity index (χ2v) is 11.9. The van der Waals surface area contributed by atoms with E-state index in [-0.39, 0.29) is 5.91 Å². The molecule has 194 valence electrons. The predicted octanol–water partition coefficient (Wildman–Crippen LogP) is 6.84. The fourth-order valence-corrected chi connectivity index (χ4v) is 6.59. The molecule has 2 aliphatic heterocycles. The van der Waals surface area contributed by atoms with Crippen LogP contribution in [0, 0.1) is 5.92 Å². The van der Waals surface area contributed by atoms with E-state index >= 15 is 0 Å². The van der Waals surface area contributed by atoms with E-state index in [2.05, 4.69) is 46.0 Å². The van der Waals surface area contributed by atoms with Gasteiger partial charge in [0.05, 0.1) is 15.6 Å². The third-order valence-corrected chi connectivity index (χ3v) is 9.19. The van der Waals surface area contributed by atoms with Gasteiger partial charge in [-0.3, -0.25) is 4.79 Å². The van der Waals surface area contributed by atoms with Crippen LogP contribution in [0.4, 0.5) is 0 Å². The first-order valence-electron chi connectivity index (χ1n) is 12.8. The Hall–Kier alpha value is -2.15. The minimum absolute atomic E-state index is 0.000446. The Morgan fingerprint density at radius 1 is 1.05 bits per heavy atom. The second kappa shape index (κ2) is 11.7. The van der Waals surface area contributed by atoms with Crippen LogP contribution in [0.15, 0.2) is 71.4 Å². The largest absolute Gasteiger partial charge is 0.389 e. The number of likely N-dealkylation sites (tertiary alicyclic amines) is 2. The molecule has 3 aromatic rings. The third-order valence-electron chi connectivity index (χ3n) is 7.75. The van der Waals surface area contributed by atoms with Crippen molar-refractivity contribution in [1.29, 1.82) is 0 Å². The molecule has 5 rings (SSSR count). The first-order valence-corrected chi connectivity index (χ1v) is 14.5. The zero-order valence-corrected chi connectivity index (χ0v) is 23.1. The Bertz CT molecular complexity index is 1220. The van der Waals surface area contributed by atoms with Crippen molar-refractivity contribution in [3.05, 3.63) is 98.2 Å². The van der Waals surface area contributed by atoms with Crippen molar-refractivity contribution in [2.75, 3.05) is 32.7 Å². The van der Waals surface area contributed by atoms with Crippen LogP contribution in [0.3, 0.4) is 0 Å². The maximum absolute atomic E-state index is 13.3. The summed E-state index contributed by atoms with van der Waals surface area (Å²) in [5.41, 5.74) is 2.38. The average molecular weight is 556 g/mol. The number of nitrogens with zero attached hydrogens (tertiary/aromatic N) is 2. The molecular weight excluding hydrogens is 523 g/mol. The summed E-state index contributed by atoms with van der Waals surface area (Å²) < 4.78 is 0. The van der Waals surface area contributed by atoms with E-state index in [4.69, 9.17) is 23.2 Å². The molecule has 37 heavy (non-hydrogen) atoms. The van der Waals surface area contributed by atoms with E-state index < -0.39 is 5.60 Å². The Balaban J connectivity index is 1.21. The van der Waals surface area contributed by atoms with Crippen LogP contribution in [0.5, 0.6) is 0 Å². The number of aliphatic hydroxyl groups is 1. The molecule has 7 heteroatoms. The van der Waals surface area contributed by atoms with Crippen molar-refractivity contribution in [2.24, 2.45) is 5.92 Å². The molecule has 2 aliphatic rings. The number of amides is 1. The average Bonchev–Trinajstić information content (AvgIpc) is 3.58. The predicted molar refractivity (Wildman–Crippen MR) is 154 cm³/mol. The molecule has 2 fully saturated rings. The zero-order valence-electron chi connectivity index (χ0n) is 20.7. The zero-order chi connectivity index (χ0) is 25.8. The highest BCUT2D eigenvalue weighted by atomic mass is 35.5. The van der Waals surface area contributed by atoms with Gasteiger partial charge in [0.1, 0.15) is 0 Å². The fourth-order valence-electron chi connectivity index (χ4n) is 5.56. The molecule has 1 aromatic heterocycles. The molecule has 4 nitrogen and oxygen atoms in total. The number of carbonyl (C=O) groups excluding carboxylic acids is 1. The number of piperidine rings is 1. The van der Waals surface area contributed by atoms with Crippen LogP contribution in [-0.4, -0.2) is 59.1 Å². The van der Waals surface area contributed by atoms with Crippen molar-refractivity contribution in [1.82, 2.24) is 9.80 Å². The molecule has 2 aromatic carbocycles. The lowest BCUT2D eigenvalue weighted by atomic mass is 9.86. The lowest BCUT2D eigenvalue weighted by molar-refractivity contribution is -0.0214. The number of benzene rings is 2. The first kappa shape index (κ1) is 26.5. The van der Waals surface area contributed by atoms with Crippen molar-refractivity contribution in [2.45, 2.75) is 30.8 Å². The summed E-state index contributed by atoms with van der Waals surface area (Å²) in [6, 6.07) is 17.5. The molecule has 1 N–H and O–H groups in total. The highest BCUT2D eigenvalue weighted by Crippen LogP contribution is 2.37. The molecule has 2 saturated heterocycles. The highest BCUT2D eigenvalue weighted by Gasteiger charge is 2.39. The van der Waals surface area contributed by atoms with E-state index in [1.807, 2.05) is 23.1 Å². The smallest absolute Gasteiger partial charge is 0.253 e. The molecule has 3 heterocycles. The fraction of sp³-hybridized carbons (Fsp3) is 0.367. The van der Waals surface area contributed by atoms with Crippen LogP contribution < -0.4 is 0 Å². The maximum atomic E-state index is 13.3. The van der Waals surface area contributed by atoms with Gasteiger partial charge in [-0.2, -0.15) is 11.3 Å². The standard InChI is InChI=1S/C30H32Cl2N2O2S/c31-27-9-8-23(17-28(27)32)29(35)34-19-25(26(20-34)24-10-16-37-21-24)18-33-14-12-30(36,13-15-33)11-4-7-22-5-2-1-3-6-22/h1-10,16-17,21,25-26,36H,11-15,18-20H2. The van der Waals surface area contributed by atoms with Gasteiger partial charge in [-0.1, -0.05) is 65.7 Å². The molecule has 1 amide bonds. The summed E-state index contributed by atoms with van der Waals surface area (Å²) in [5, 5.41) is 16.3. The molecule has 0 spiro atoms. The van der Waals surface area contributed by atoms with Gasteiger partial charge in [-0.05, 0) is 71.3 Å². The topological polar surface area (TPSA) is 43.8 Å². The van der Waals surface area contributed by atoms with Gasteiger partial charge in [0, 0.05) is 44.2 Å². The second-order valence-electron chi connectivity index (χ2n) is 10.3. The Labute approximate surface area is 233 Å². The van der Waals surface area contributed by atoms with Gasteiger partial charge in [-0.25, -0.2) is 0 Å². The molecule has 0 bridgehead atoms. The minimum atomic E-state index is -0.653. The Morgan fingerprint density at radius 3 is 2.54 bits per heavy atom.